The molecular weight excluding hydrogens is 395 g/mol. The number of rotatable bonds is 8. The summed E-state index contributed by atoms with van der Waals surface area (Å²) < 4.78 is 21.2. The number of methoxy groups -OCH3 is 3. The lowest BCUT2D eigenvalue weighted by molar-refractivity contribution is -1.00. The van der Waals surface area contributed by atoms with Gasteiger partial charge in [0.05, 0.1) is 47.1 Å². The van der Waals surface area contributed by atoms with Crippen molar-refractivity contribution in [2.75, 3.05) is 67.7 Å². The predicted octanol–water partition coefficient (Wildman–Crippen LogP) is -7.32. The van der Waals surface area contributed by atoms with Crippen LogP contribution in [-0.4, -0.2) is 73.7 Å². The number of esters is 1. The zero-order valence-electron chi connectivity index (χ0n) is 16.4. The molecule has 0 radical (unpaired) electrons. The fourth-order valence-corrected chi connectivity index (χ4v) is 3.05. The van der Waals surface area contributed by atoms with Gasteiger partial charge in [0, 0.05) is 6.42 Å². The van der Waals surface area contributed by atoms with Gasteiger partial charge < -0.3 is 53.6 Å². The van der Waals surface area contributed by atoms with Crippen molar-refractivity contribution >= 4 is 5.97 Å². The maximum atomic E-state index is 12.3. The Kier molecular flexibility index (Phi) is 12.2. The van der Waals surface area contributed by atoms with Gasteiger partial charge in [0.15, 0.2) is 11.5 Å². The van der Waals surface area contributed by atoms with E-state index in [1.54, 1.807) is 21.9 Å². The first-order valence-corrected chi connectivity index (χ1v) is 8.71. The van der Waals surface area contributed by atoms with Crippen LogP contribution >= 0.6 is 0 Å². The number of benzene rings is 1. The molecular formula is C18H30Cl2N2O5. The molecule has 9 heteroatoms. The highest BCUT2D eigenvalue weighted by atomic mass is 35.5. The van der Waals surface area contributed by atoms with E-state index in [2.05, 4.69) is 7.05 Å². The zero-order chi connectivity index (χ0) is 18.2. The molecule has 0 atom stereocenters. The first-order chi connectivity index (χ1) is 12.1. The highest BCUT2D eigenvalue weighted by molar-refractivity contribution is 5.91. The van der Waals surface area contributed by atoms with Crippen LogP contribution in [0.1, 0.15) is 16.8 Å². The van der Waals surface area contributed by atoms with Crippen LogP contribution in [0.2, 0.25) is 0 Å². The maximum Gasteiger partial charge on any atom is 0.338 e. The molecule has 1 aromatic rings. The first-order valence-electron chi connectivity index (χ1n) is 8.71. The number of halogens is 2. The summed E-state index contributed by atoms with van der Waals surface area (Å²) in [5, 5.41) is 0. The van der Waals surface area contributed by atoms with Crippen LogP contribution in [0.25, 0.3) is 0 Å². The summed E-state index contributed by atoms with van der Waals surface area (Å²) in [4.78, 5) is 15.5. The van der Waals surface area contributed by atoms with E-state index in [0.717, 1.165) is 13.0 Å². The molecule has 2 N–H and O–H groups in total. The van der Waals surface area contributed by atoms with Crippen LogP contribution in [0.5, 0.6) is 17.2 Å². The third kappa shape index (κ3) is 7.25. The SMILES string of the molecule is COc1cc(C(=O)OCCC[NH+]2CC[NH+](C)CC2)cc(OC)c1OC.[Cl-].[Cl-]. The summed E-state index contributed by atoms with van der Waals surface area (Å²) in [6.45, 7) is 6.25. The highest BCUT2D eigenvalue weighted by Crippen LogP contribution is 2.38. The molecule has 1 aromatic carbocycles. The monoisotopic (exact) mass is 424 g/mol. The van der Waals surface area contributed by atoms with Crippen LogP contribution in [-0.2, 0) is 4.74 Å². The molecule has 7 nitrogen and oxygen atoms in total. The van der Waals surface area contributed by atoms with Gasteiger partial charge in [-0.25, -0.2) is 4.79 Å². The highest BCUT2D eigenvalue weighted by Gasteiger charge is 2.20. The zero-order valence-corrected chi connectivity index (χ0v) is 17.9. The van der Waals surface area contributed by atoms with E-state index in [4.69, 9.17) is 18.9 Å². The van der Waals surface area contributed by atoms with Crippen molar-refractivity contribution in [1.29, 1.82) is 0 Å². The lowest BCUT2D eigenvalue weighted by Gasteiger charge is -2.27. The Morgan fingerprint density at radius 3 is 2.00 bits per heavy atom. The maximum absolute atomic E-state index is 12.3. The molecule has 0 unspecified atom stereocenters. The van der Waals surface area contributed by atoms with Gasteiger partial charge in [0.1, 0.15) is 26.2 Å². The first kappa shape index (κ1) is 25.6. The topological polar surface area (TPSA) is 62.9 Å². The molecule has 27 heavy (non-hydrogen) atoms. The number of hydrogen-bond acceptors (Lipinski definition) is 5. The number of quaternary nitrogens is 2. The standard InChI is InChI=1S/C18H28N2O5.2ClH/c1-19-7-9-20(10-8-19)6-5-11-25-18(21)14-12-15(22-2)17(24-4)16(13-14)23-3;;/h12-13H,5-11H2,1-4H3;2*1H. The number of piperazine rings is 1. The van der Waals surface area contributed by atoms with Crippen LogP contribution in [0.4, 0.5) is 0 Å². The number of carbonyl (C=O) groups is 1. The van der Waals surface area contributed by atoms with Crippen molar-refractivity contribution in [3.63, 3.8) is 0 Å². The van der Waals surface area contributed by atoms with E-state index in [1.807, 2.05) is 0 Å². The average Bonchev–Trinajstić information content (AvgIpc) is 2.65. The average molecular weight is 425 g/mol. The lowest BCUT2D eigenvalue weighted by atomic mass is 10.2. The summed E-state index contributed by atoms with van der Waals surface area (Å²) in [6.07, 6.45) is 0.866. The van der Waals surface area contributed by atoms with Crippen molar-refractivity contribution in [3.05, 3.63) is 17.7 Å². The van der Waals surface area contributed by atoms with Gasteiger partial charge >= 0.3 is 5.97 Å². The van der Waals surface area contributed by atoms with Crippen LogP contribution < -0.4 is 48.8 Å². The third-order valence-electron chi connectivity index (χ3n) is 4.62. The van der Waals surface area contributed by atoms with Crippen molar-refractivity contribution in [1.82, 2.24) is 0 Å². The molecule has 1 fully saturated rings. The second kappa shape index (κ2) is 12.9. The summed E-state index contributed by atoms with van der Waals surface area (Å²) in [7, 11) is 6.80. The molecule has 1 aliphatic rings. The quantitative estimate of drug-likeness (QED) is 0.320. The molecule has 2 rings (SSSR count). The molecule has 1 aliphatic heterocycles. The molecule has 1 heterocycles. The Morgan fingerprint density at radius 2 is 1.52 bits per heavy atom. The fourth-order valence-electron chi connectivity index (χ4n) is 3.05. The number of carbonyl (C=O) groups excluding carboxylic acids is 1. The van der Waals surface area contributed by atoms with Crippen molar-refractivity contribution < 1.29 is 58.4 Å². The summed E-state index contributed by atoms with van der Waals surface area (Å²) in [5.74, 6) is 0.968. The Hall–Kier alpha value is -1.41. The normalized spacial score (nSPS) is 18.5. The van der Waals surface area contributed by atoms with E-state index in [0.29, 0.717) is 29.4 Å². The molecule has 0 aromatic heterocycles. The Bertz CT molecular complexity index is 556. The van der Waals surface area contributed by atoms with E-state index < -0.39 is 0 Å². The van der Waals surface area contributed by atoms with E-state index >= 15 is 0 Å². The molecule has 0 aliphatic carbocycles. The third-order valence-corrected chi connectivity index (χ3v) is 4.62. The number of nitrogens with one attached hydrogen (secondary N) is 2. The van der Waals surface area contributed by atoms with E-state index in [9.17, 15) is 4.79 Å². The van der Waals surface area contributed by atoms with Gasteiger partial charge in [0.25, 0.3) is 0 Å². The van der Waals surface area contributed by atoms with E-state index in [-0.39, 0.29) is 30.8 Å². The number of hydrogen-bond donors (Lipinski definition) is 2. The number of ether oxygens (including phenoxy) is 4. The van der Waals surface area contributed by atoms with Gasteiger partial charge in [-0.15, -0.1) is 0 Å². The fraction of sp³-hybridized carbons (Fsp3) is 0.611. The van der Waals surface area contributed by atoms with Crippen LogP contribution in [0.15, 0.2) is 12.1 Å². The van der Waals surface area contributed by atoms with Crippen LogP contribution in [0.3, 0.4) is 0 Å². The van der Waals surface area contributed by atoms with Gasteiger partial charge in [0.2, 0.25) is 5.75 Å². The van der Waals surface area contributed by atoms with Crippen LogP contribution in [0, 0.1) is 0 Å². The summed E-state index contributed by atoms with van der Waals surface area (Å²) >= 11 is 0. The minimum absolute atomic E-state index is 0. The smallest absolute Gasteiger partial charge is 0.338 e. The van der Waals surface area contributed by atoms with Gasteiger partial charge in [-0.05, 0) is 12.1 Å². The molecule has 0 spiro atoms. The van der Waals surface area contributed by atoms with Crippen molar-refractivity contribution in [2.24, 2.45) is 0 Å². The van der Waals surface area contributed by atoms with Gasteiger partial charge in [-0.1, -0.05) is 0 Å². The Labute approximate surface area is 173 Å². The molecule has 156 valence electrons. The Morgan fingerprint density at radius 1 is 0.963 bits per heavy atom. The Balaban J connectivity index is 0.00000338. The summed E-state index contributed by atoms with van der Waals surface area (Å²) in [6, 6.07) is 3.22. The summed E-state index contributed by atoms with van der Waals surface area (Å²) in [5.41, 5.74) is 0.394. The lowest BCUT2D eigenvalue weighted by Crippen LogP contribution is -3.27. The second-order valence-electron chi connectivity index (χ2n) is 6.36. The second-order valence-corrected chi connectivity index (χ2v) is 6.36. The molecule has 0 saturated carbocycles. The van der Waals surface area contributed by atoms with E-state index in [1.165, 1.54) is 47.5 Å². The van der Waals surface area contributed by atoms with Gasteiger partial charge in [-0.2, -0.15) is 0 Å². The molecule has 0 amide bonds. The minimum atomic E-state index is -0.378. The predicted molar refractivity (Wildman–Crippen MR) is 93.2 cm³/mol. The molecule has 1 saturated heterocycles. The minimum Gasteiger partial charge on any atom is -1.00 e. The largest absolute Gasteiger partial charge is 1.00 e. The number of likely N-dealkylation sites (N-methyl/N-ethyl adjacent to an activating group) is 1. The van der Waals surface area contributed by atoms with Crippen molar-refractivity contribution in [3.8, 4) is 17.2 Å². The molecule has 0 bridgehead atoms. The van der Waals surface area contributed by atoms with Gasteiger partial charge in [-0.3, -0.25) is 0 Å². The van der Waals surface area contributed by atoms with Crippen molar-refractivity contribution in [2.45, 2.75) is 6.42 Å².